The van der Waals surface area contributed by atoms with Gasteiger partial charge in [-0.1, -0.05) is 13.0 Å². The Kier molecular flexibility index (Phi) is 11.3. The Labute approximate surface area is 275 Å². The van der Waals surface area contributed by atoms with E-state index < -0.39 is 11.6 Å². The molecule has 0 aliphatic rings. The maximum atomic E-state index is 13.7. The predicted molar refractivity (Wildman–Crippen MR) is 182 cm³/mol. The number of pyridine rings is 1. The van der Waals surface area contributed by atoms with Gasteiger partial charge in [0, 0.05) is 36.6 Å². The number of hydrogen-bond acceptors (Lipinski definition) is 9. The van der Waals surface area contributed by atoms with Gasteiger partial charge in [0.2, 0.25) is 0 Å². The van der Waals surface area contributed by atoms with Gasteiger partial charge in [-0.15, -0.1) is 0 Å². The first-order valence-electron chi connectivity index (χ1n) is 15.6. The fourth-order valence-electron chi connectivity index (χ4n) is 4.59. The maximum absolute atomic E-state index is 13.7. The Morgan fingerprint density at radius 2 is 1.79 bits per heavy atom. The summed E-state index contributed by atoms with van der Waals surface area (Å²) in [6.45, 7) is 9.85. The van der Waals surface area contributed by atoms with Gasteiger partial charge in [0.05, 0.1) is 36.0 Å². The Morgan fingerprint density at radius 1 is 1.06 bits per heavy atom. The van der Waals surface area contributed by atoms with Crippen LogP contribution in [-0.4, -0.2) is 57.6 Å². The van der Waals surface area contributed by atoms with E-state index in [1.807, 2.05) is 48.9 Å². The molecule has 2 aromatic carbocycles. The van der Waals surface area contributed by atoms with Crippen molar-refractivity contribution in [2.24, 2.45) is 23.2 Å². The summed E-state index contributed by atoms with van der Waals surface area (Å²) in [4.78, 5) is 52.9. The molecule has 2 aromatic heterocycles. The Hall–Kier alpha value is -5.26. The zero-order chi connectivity index (χ0) is 34.1. The summed E-state index contributed by atoms with van der Waals surface area (Å²) in [5, 5.41) is 3.37. The van der Waals surface area contributed by atoms with Crippen molar-refractivity contribution in [1.29, 1.82) is 0 Å². The number of nitrogens with two attached hydrogens (primary N) is 1. The Balaban J connectivity index is 1.44. The lowest BCUT2D eigenvalue weighted by atomic mass is 9.97. The number of benzene rings is 2. The first kappa shape index (κ1) is 34.6. The number of hydrogen-bond donors (Lipinski definition) is 2. The fraction of sp³-hybridized carbons (Fsp3) is 0.371. The third-order valence-corrected chi connectivity index (χ3v) is 7.24. The van der Waals surface area contributed by atoms with Crippen LogP contribution in [-0.2, 0) is 32.7 Å². The van der Waals surface area contributed by atoms with E-state index >= 15 is 0 Å². The number of imidazole rings is 1. The third-order valence-electron chi connectivity index (χ3n) is 7.24. The van der Waals surface area contributed by atoms with Gasteiger partial charge in [-0.3, -0.25) is 19.3 Å². The summed E-state index contributed by atoms with van der Waals surface area (Å²) in [6.07, 6.45) is 1.68. The zero-order valence-corrected chi connectivity index (χ0v) is 27.8. The number of nitrogens with zero attached hydrogens (tertiary/aromatic N) is 5. The van der Waals surface area contributed by atoms with E-state index in [2.05, 4.69) is 15.3 Å². The van der Waals surface area contributed by atoms with Crippen molar-refractivity contribution in [2.75, 3.05) is 23.4 Å². The van der Waals surface area contributed by atoms with Crippen molar-refractivity contribution in [3.8, 4) is 0 Å². The van der Waals surface area contributed by atoms with Crippen LogP contribution in [0.25, 0.3) is 11.0 Å². The smallest absolute Gasteiger partial charge is 0.313 e. The number of aryl methyl sites for hydroxylation is 1. The number of aromatic nitrogens is 3. The van der Waals surface area contributed by atoms with Crippen LogP contribution in [0.2, 0.25) is 0 Å². The number of carbonyl (C=O) groups is 3. The molecule has 1 atom stereocenters. The highest BCUT2D eigenvalue weighted by atomic mass is 16.6. The van der Waals surface area contributed by atoms with Crippen LogP contribution >= 0.6 is 0 Å². The average molecular weight is 642 g/mol. The first-order valence-corrected chi connectivity index (χ1v) is 15.6. The summed E-state index contributed by atoms with van der Waals surface area (Å²) >= 11 is 0. The van der Waals surface area contributed by atoms with Crippen LogP contribution in [0.3, 0.4) is 0 Å². The molecule has 47 heavy (non-hydrogen) atoms. The highest BCUT2D eigenvalue weighted by Crippen LogP contribution is 2.22. The minimum Gasteiger partial charge on any atom is -0.466 e. The first-order chi connectivity index (χ1) is 22.4. The monoisotopic (exact) mass is 641 g/mol. The van der Waals surface area contributed by atoms with Crippen LogP contribution in [0.15, 0.2) is 71.9 Å². The number of fused-ring (bicyclic) bond motifs is 1. The molecule has 0 saturated carbocycles. The zero-order valence-electron chi connectivity index (χ0n) is 27.8. The molecule has 12 heteroatoms. The molecular weight excluding hydrogens is 598 g/mol. The second-order valence-corrected chi connectivity index (χ2v) is 12.1. The maximum Gasteiger partial charge on any atom is 0.313 e. The van der Waals surface area contributed by atoms with Crippen molar-refractivity contribution < 1.29 is 23.9 Å². The molecule has 0 fully saturated rings. The number of aliphatic imine (C=N–C) groups is 1. The minimum atomic E-state index is -0.708. The van der Waals surface area contributed by atoms with Crippen LogP contribution in [0.4, 0.5) is 11.5 Å². The van der Waals surface area contributed by atoms with E-state index in [4.69, 9.17) is 20.2 Å². The number of amides is 1. The van der Waals surface area contributed by atoms with Gasteiger partial charge in [-0.2, -0.15) is 0 Å². The fourth-order valence-corrected chi connectivity index (χ4v) is 4.59. The van der Waals surface area contributed by atoms with Gasteiger partial charge >= 0.3 is 11.9 Å². The third kappa shape index (κ3) is 9.15. The van der Waals surface area contributed by atoms with Gasteiger partial charge in [-0.05, 0) is 88.7 Å². The largest absolute Gasteiger partial charge is 0.466 e. The SMILES string of the molecule is CCCOC(=O)CCN(C(=O)c1ccc2c(c1)nc(CNc1ccc(/C(N)=N\C(C)OC(=O)C(C)(C)C)cc1)n2C)c1ccccn1. The van der Waals surface area contributed by atoms with Crippen LogP contribution < -0.4 is 16.0 Å². The number of nitrogens with one attached hydrogen (secondary N) is 1. The summed E-state index contributed by atoms with van der Waals surface area (Å²) in [5.41, 5.74) is 9.05. The number of esters is 2. The highest BCUT2D eigenvalue weighted by molar-refractivity contribution is 6.07. The van der Waals surface area contributed by atoms with Gasteiger partial charge in [0.1, 0.15) is 17.5 Å². The van der Waals surface area contributed by atoms with E-state index in [9.17, 15) is 14.4 Å². The Bertz CT molecular complexity index is 1730. The van der Waals surface area contributed by atoms with E-state index in [0.717, 1.165) is 23.4 Å². The van der Waals surface area contributed by atoms with E-state index in [0.29, 0.717) is 35.6 Å². The molecule has 0 aliphatic carbocycles. The van der Waals surface area contributed by atoms with E-state index in [1.54, 1.807) is 64.2 Å². The molecule has 248 valence electrons. The quantitative estimate of drug-likeness (QED) is 0.114. The molecule has 2 heterocycles. The van der Waals surface area contributed by atoms with E-state index in [1.165, 1.54) is 4.90 Å². The molecule has 0 spiro atoms. The molecule has 4 rings (SSSR count). The molecule has 3 N–H and O–H groups in total. The van der Waals surface area contributed by atoms with Crippen LogP contribution in [0.5, 0.6) is 0 Å². The average Bonchev–Trinajstić information content (AvgIpc) is 3.37. The summed E-state index contributed by atoms with van der Waals surface area (Å²) < 4.78 is 12.5. The standard InChI is InChI=1S/C35H43N7O5/c1-7-20-46-31(43)17-19-42(29-10-8-9-18-37-29)33(44)25-13-16-28-27(21-25)40-30(41(28)6)22-38-26-14-11-24(12-15-26)32(36)39-23(2)47-34(45)35(3,4)5/h8-16,18,21,23,38H,7,17,19-20,22H2,1-6H3,(H2,36,39). The van der Waals surface area contributed by atoms with Crippen molar-refractivity contribution in [2.45, 2.75) is 60.2 Å². The lowest BCUT2D eigenvalue weighted by Crippen LogP contribution is -2.34. The van der Waals surface area contributed by atoms with Crippen molar-refractivity contribution in [1.82, 2.24) is 14.5 Å². The molecule has 4 aromatic rings. The van der Waals surface area contributed by atoms with Gasteiger partial charge < -0.3 is 25.1 Å². The number of anilines is 2. The molecule has 12 nitrogen and oxygen atoms in total. The van der Waals surface area contributed by atoms with Crippen molar-refractivity contribution in [3.63, 3.8) is 0 Å². The number of carbonyl (C=O) groups excluding carboxylic acids is 3. The number of amidine groups is 1. The number of ether oxygens (including phenoxy) is 2. The second-order valence-electron chi connectivity index (χ2n) is 12.1. The predicted octanol–water partition coefficient (Wildman–Crippen LogP) is 5.21. The van der Waals surface area contributed by atoms with Gasteiger partial charge in [-0.25, -0.2) is 15.0 Å². The van der Waals surface area contributed by atoms with E-state index in [-0.39, 0.29) is 36.6 Å². The lowest BCUT2D eigenvalue weighted by Gasteiger charge is -2.21. The molecule has 0 bridgehead atoms. The Morgan fingerprint density at radius 3 is 2.45 bits per heavy atom. The molecule has 0 saturated heterocycles. The van der Waals surface area contributed by atoms with Crippen molar-refractivity contribution >= 4 is 46.2 Å². The molecule has 1 unspecified atom stereocenters. The van der Waals surface area contributed by atoms with Crippen LogP contribution in [0.1, 0.15) is 69.2 Å². The lowest BCUT2D eigenvalue weighted by molar-refractivity contribution is -0.157. The van der Waals surface area contributed by atoms with Gasteiger partial charge in [0.25, 0.3) is 5.91 Å². The molecule has 1 amide bonds. The minimum absolute atomic E-state index is 0.0519. The normalized spacial score (nSPS) is 12.4. The topological polar surface area (TPSA) is 154 Å². The molecular formula is C35H43N7O5. The summed E-state index contributed by atoms with van der Waals surface area (Å²) in [7, 11) is 1.92. The second kappa shape index (κ2) is 15.4. The summed E-state index contributed by atoms with van der Waals surface area (Å²) in [5.74, 6) is 0.485. The molecule has 0 aliphatic heterocycles. The highest BCUT2D eigenvalue weighted by Gasteiger charge is 2.25. The van der Waals surface area contributed by atoms with Crippen molar-refractivity contribution in [3.05, 3.63) is 83.8 Å². The molecule has 0 radical (unpaired) electrons. The van der Waals surface area contributed by atoms with Crippen LogP contribution in [0, 0.1) is 5.41 Å². The number of rotatable bonds is 13. The summed E-state index contributed by atoms with van der Waals surface area (Å²) in [6, 6.07) is 18.1. The van der Waals surface area contributed by atoms with Gasteiger partial charge in [0.15, 0.2) is 6.23 Å².